The number of hydrogen-bond donors (Lipinski definition) is 23. The number of carboxylic acid groups (broad SMARTS) is 2. The second kappa shape index (κ2) is 46.6. The van der Waals surface area contributed by atoms with Crippen LogP contribution in [0.1, 0.15) is 133 Å². The second-order valence-corrected chi connectivity index (χ2v) is 31.3. The van der Waals surface area contributed by atoms with E-state index in [1.807, 2.05) is 0 Å². The van der Waals surface area contributed by atoms with Crippen LogP contribution in [0.15, 0.2) is 70.5 Å². The van der Waals surface area contributed by atoms with Gasteiger partial charge in [0, 0.05) is 74.3 Å². The van der Waals surface area contributed by atoms with E-state index in [2.05, 4.69) is 84.1 Å². The first-order valence-corrected chi connectivity index (χ1v) is 41.4. The van der Waals surface area contributed by atoms with E-state index in [9.17, 15) is 133 Å². The molecule has 5 aliphatic rings. The summed E-state index contributed by atoms with van der Waals surface area (Å²) >= 11 is 1.27. The normalized spacial score (nSPS) is 20.6. The Morgan fingerprint density at radius 3 is 1.93 bits per heavy atom. The molecule has 14 atom stereocenters. The van der Waals surface area contributed by atoms with E-state index >= 15 is 0 Å². The lowest BCUT2D eigenvalue weighted by Crippen LogP contribution is -2.71. The molecule has 2 fully saturated rings. The van der Waals surface area contributed by atoms with Gasteiger partial charge in [0.25, 0.3) is 5.91 Å². The van der Waals surface area contributed by atoms with Gasteiger partial charge in [0.05, 0.1) is 43.2 Å². The highest BCUT2D eigenvalue weighted by molar-refractivity contribution is 8.00. The quantitative estimate of drug-likeness (QED) is 0.00628. The minimum Gasteiger partial charge on any atom is -0.504 e. The van der Waals surface area contributed by atoms with Gasteiger partial charge >= 0.3 is 11.9 Å². The van der Waals surface area contributed by atoms with Gasteiger partial charge in [-0.25, -0.2) is 24.9 Å². The number of aliphatic imine (C=N–C) groups is 1. The highest BCUT2D eigenvalue weighted by atomic mass is 32.2. The number of benzene rings is 2. The van der Waals surface area contributed by atoms with Crippen LogP contribution in [0.4, 0.5) is 11.6 Å². The average molecular weight is 1790 g/mol. The van der Waals surface area contributed by atoms with Gasteiger partial charge in [-0.15, -0.1) is 11.8 Å². The number of aliphatic carboxylic acids is 2. The number of phenolic OH excluding ortho intramolecular Hbond substituents is 2. The van der Waals surface area contributed by atoms with Gasteiger partial charge in [-0.2, -0.15) is 0 Å². The summed E-state index contributed by atoms with van der Waals surface area (Å²) in [5.74, 6) is -16.7. The molecule has 684 valence electrons. The number of anilines is 2. The third kappa shape index (κ3) is 27.0. The molecule has 1 aromatic heterocycles. The van der Waals surface area contributed by atoms with Gasteiger partial charge < -0.3 is 115 Å². The number of aryl methyl sites for hydroxylation is 2. The zero-order chi connectivity index (χ0) is 92.3. The Balaban J connectivity index is 1.02. The van der Waals surface area contributed by atoms with Gasteiger partial charge in [0.1, 0.15) is 77.5 Å². The molecule has 0 spiro atoms. The molecule has 8 rings (SSSR count). The average Bonchev–Trinajstić information content (AvgIpc) is 0.727. The fourth-order valence-electron chi connectivity index (χ4n) is 14.0. The molecule has 5 aliphatic heterocycles. The third-order valence-corrected chi connectivity index (χ3v) is 22.0. The number of nitrogens with zero attached hydrogens (tertiary/aromatic N) is 7. The summed E-state index contributed by atoms with van der Waals surface area (Å²) in [6, 6.07) is -6.36. The van der Waals surface area contributed by atoms with Crippen LogP contribution in [0, 0.1) is 6.92 Å². The number of carboxylic acids is 2. The Morgan fingerprint density at radius 1 is 0.659 bits per heavy atom. The lowest BCUT2D eigenvalue weighted by atomic mass is 9.98. The van der Waals surface area contributed by atoms with Crippen LogP contribution in [0.25, 0.3) is 6.08 Å². The maximum atomic E-state index is 14.9. The summed E-state index contributed by atoms with van der Waals surface area (Å²) in [6.45, 7) is 1.78. The first-order chi connectivity index (χ1) is 59.9. The number of amides is 15. The maximum absolute atomic E-state index is 14.9. The first kappa shape index (κ1) is 98.4. The lowest BCUT2D eigenvalue weighted by molar-refractivity contribution is -0.151. The predicted octanol–water partition coefficient (Wildman–Crippen LogP) is -5.87. The van der Waals surface area contributed by atoms with Crippen molar-refractivity contribution in [1.29, 1.82) is 0 Å². The van der Waals surface area contributed by atoms with Gasteiger partial charge in [0.2, 0.25) is 89.7 Å². The Bertz CT molecular complexity index is 4650. The Morgan fingerprint density at radius 2 is 1.28 bits per heavy atom. The number of aromatic hydroxyl groups is 2. The monoisotopic (exact) mass is 1780 g/mol. The van der Waals surface area contributed by atoms with Gasteiger partial charge in [-0.3, -0.25) is 97.0 Å². The van der Waals surface area contributed by atoms with E-state index in [4.69, 9.17) is 0 Å². The molecule has 1 unspecified atom stereocenters. The first-order valence-electron chi connectivity index (χ1n) is 40.3. The minimum absolute atomic E-state index is 0.0139. The molecule has 6 heterocycles. The van der Waals surface area contributed by atoms with Gasteiger partial charge in [-0.05, 0) is 128 Å². The number of hydroxylamine groups is 4. The molecule has 15 amide bonds. The summed E-state index contributed by atoms with van der Waals surface area (Å²) < 4.78 is 0. The Labute approximate surface area is 723 Å². The number of hydrogen-bond acceptors (Lipinski definition) is 31. The molecule has 126 heavy (non-hydrogen) atoms. The van der Waals surface area contributed by atoms with Crippen molar-refractivity contribution in [2.75, 3.05) is 61.9 Å². The zero-order valence-electron chi connectivity index (χ0n) is 68.9. The lowest BCUT2D eigenvalue weighted by Gasteiger charge is -2.49. The minimum atomic E-state index is -2.06. The molecule has 0 aliphatic carbocycles. The molecule has 0 bridgehead atoms. The number of β-lactam (4-membered cyclic amide) rings is 1. The van der Waals surface area contributed by atoms with E-state index in [0.717, 1.165) is 24.0 Å². The topological polar surface area (TPSA) is 700 Å². The number of fused-ring (bicyclic) bond motifs is 4. The smallest absolute Gasteiger partial charge is 0.352 e. The van der Waals surface area contributed by atoms with Gasteiger partial charge in [-0.1, -0.05) is 30.3 Å². The number of rotatable bonds is 41. The highest BCUT2D eigenvalue weighted by Gasteiger charge is 2.54. The molecule has 0 radical (unpaired) electrons. The van der Waals surface area contributed by atoms with Crippen molar-refractivity contribution in [3.8, 4) is 11.5 Å². The predicted molar refractivity (Wildman–Crippen MR) is 439 cm³/mol. The van der Waals surface area contributed by atoms with Crippen molar-refractivity contribution in [3.05, 3.63) is 88.0 Å². The largest absolute Gasteiger partial charge is 0.504 e. The number of nitrogens with one attached hydrogen (secondary N) is 13. The van der Waals surface area contributed by atoms with E-state index in [1.54, 1.807) is 50.2 Å². The number of amidine groups is 1. The molecular formula is C78H104N20O27S. The molecule has 2 aromatic carbocycles. The Kier molecular flexibility index (Phi) is 36.4. The summed E-state index contributed by atoms with van der Waals surface area (Å²) in [5, 5.41) is 136. The summed E-state index contributed by atoms with van der Waals surface area (Å²) in [6.07, 6.45) is -5.48. The summed E-state index contributed by atoms with van der Waals surface area (Å²) in [7, 11) is 0. The van der Waals surface area contributed by atoms with Crippen molar-refractivity contribution in [2.45, 2.75) is 202 Å². The number of carbonyl (C=O) groups excluding carboxylic acids is 15. The summed E-state index contributed by atoms with van der Waals surface area (Å²) in [4.78, 5) is 245. The second-order valence-electron chi connectivity index (χ2n) is 30.2. The number of thioether (sulfide) groups is 1. The fourth-order valence-corrected chi connectivity index (χ4v) is 15.3. The zero-order valence-corrected chi connectivity index (χ0v) is 69.8. The molecular weight excluding hydrogens is 1680 g/mol. The molecule has 0 saturated carbocycles. The van der Waals surface area contributed by atoms with Crippen LogP contribution in [0.3, 0.4) is 0 Å². The fraction of sp³-hybridized carbons (Fsp3) is 0.513. The molecule has 2 saturated heterocycles. The maximum Gasteiger partial charge on any atom is 0.352 e. The van der Waals surface area contributed by atoms with E-state index in [0.29, 0.717) is 22.5 Å². The van der Waals surface area contributed by atoms with Crippen molar-refractivity contribution in [1.82, 2.24) is 88.8 Å². The molecule has 48 heteroatoms. The van der Waals surface area contributed by atoms with E-state index in [1.165, 1.54) is 29.7 Å². The highest BCUT2D eigenvalue weighted by Crippen LogP contribution is 2.42. The molecule has 3 aromatic rings. The van der Waals surface area contributed by atoms with Crippen LogP contribution < -0.4 is 74.0 Å². The van der Waals surface area contributed by atoms with E-state index in [-0.39, 0.29) is 147 Å². The standard InChI is InChI=1S/C78H104N20O27S/c1-38-35-126-76-62(75(121)98(76)63(38)77(122)123)94-74(120)61(42-13-6-5-7-14-42)91-57(108)20-19-44-29-39(2)82-78(83-44)81-25-10-16-46(87-70(116)51(34-100)90-71(117)52-23-26-79-64-49(84-56(107)21-22-58(109)110)30-43-31-54(105)55(106)32-53(43)97(52)64)67(113)89-50(33-99)69(115)88-47(17-11-27-95(124)36-101)66(112)85-45-15-8-9-24-80-72(118)59(40(3)103)93-73(119)60(41(4)104)92-68(114)48(86-65(45)111)18-12-28-96(125)37-102/h5-7,13-14,29-32,36-37,40-41,45-48,50-52,59-62,76,99-100,103-106,124-125H,8-12,15-28,33-35H2,1-4H3,(H,80,118)(H,84,107)(H,85,112)(H,86,111)(H,87,116)(H,88,115)(H,89,113)(H,90,117)(H,91,108)(H,92,114)(H,93,119)(H,94,120)(H,109,110)(H,122,123)(H,81,82,83)/t40-,41-,45+,46+,47+,48+,50-,51-,52+,59+,60+,61-,62?,76-/m1/s1. The van der Waals surface area contributed by atoms with Crippen molar-refractivity contribution < 1.29 is 133 Å². The third-order valence-electron chi connectivity index (χ3n) is 20.6. The number of carbonyl (C=O) groups is 17. The number of phenols is 2. The number of aliphatic hydroxyl groups excluding tert-OH is 4. The van der Waals surface area contributed by atoms with Crippen molar-refractivity contribution >= 4 is 137 Å². The van der Waals surface area contributed by atoms with Crippen LogP contribution in [0.2, 0.25) is 0 Å². The SMILES string of the molecule is CC1=C(C(=O)O)N2C(=O)C(NC(=O)[C@H](NC(=O)CCc3cc(C)nc(NCCC[C@H](NC(=O)[C@@H](CO)NC(=O)[C@@H]4CCN=C5C(NC(=O)CCC(=O)O)=Cc6cc(O)c(O)cc6N54)C(=O)N[C@H](CO)C(=O)N[C@@H](CCCN(O)C=O)C(=O)N[C@H]4CCCCNC(=O)[C@H]([C@@H](C)O)NC(=O)[C@H]([C@@H](C)O)NC(=O)[C@H](CCCN(O)C=O)NC4=O)n3)c3ccccc3)[C@H]2SC1. The number of aliphatic hydroxyl groups is 4. The van der Waals surface area contributed by atoms with E-state index < -0.39 is 236 Å². The number of aromatic nitrogens is 2. The van der Waals surface area contributed by atoms with Gasteiger partial charge in [0.15, 0.2) is 17.3 Å². The Hall–Kier alpha value is -13.0. The van der Waals surface area contributed by atoms with Crippen LogP contribution in [0.5, 0.6) is 11.5 Å². The van der Waals surface area contributed by atoms with Crippen LogP contribution in [-0.4, -0.2) is 313 Å². The van der Waals surface area contributed by atoms with Crippen molar-refractivity contribution in [2.24, 2.45) is 4.99 Å². The van der Waals surface area contributed by atoms with Crippen LogP contribution >= 0.6 is 11.8 Å². The summed E-state index contributed by atoms with van der Waals surface area (Å²) in [5.41, 5.74) is 1.47. The van der Waals surface area contributed by atoms with Crippen LogP contribution in [-0.2, 0) is 87.9 Å². The molecule has 23 N–H and O–H groups in total. The molecule has 47 nitrogen and oxygen atoms in total. The van der Waals surface area contributed by atoms with Crippen molar-refractivity contribution in [3.63, 3.8) is 0 Å².